The number of benzene rings is 1. The molecule has 2 rings (SSSR count). The third-order valence-electron chi connectivity index (χ3n) is 2.42. The zero-order valence-corrected chi connectivity index (χ0v) is 10.1. The van der Waals surface area contributed by atoms with Gasteiger partial charge in [0.1, 0.15) is 18.3 Å². The molecule has 0 radical (unpaired) electrons. The topological polar surface area (TPSA) is 73.1 Å². The van der Waals surface area contributed by atoms with Gasteiger partial charge in [-0.1, -0.05) is 17.7 Å². The number of rotatable bonds is 3. The largest absolute Gasteiger partial charge is 0.298 e. The molecule has 0 bridgehead atoms. The highest BCUT2D eigenvalue weighted by molar-refractivity contribution is 6.33. The van der Waals surface area contributed by atoms with E-state index in [1.165, 1.54) is 12.1 Å². The number of carbonyl (C=O) groups is 1. The van der Waals surface area contributed by atoms with Crippen LogP contribution in [0.3, 0.4) is 0 Å². The molecule has 1 aromatic heterocycles. The fraction of sp³-hybridized carbons (Fsp3) is 0. The van der Waals surface area contributed by atoms with Gasteiger partial charge in [0.25, 0.3) is 5.69 Å². The average Bonchev–Trinajstić information content (AvgIpc) is 2.39. The van der Waals surface area contributed by atoms with Crippen molar-refractivity contribution in [2.45, 2.75) is 0 Å². The molecule has 0 spiro atoms. The van der Waals surface area contributed by atoms with E-state index in [2.05, 4.69) is 4.98 Å². The maximum atomic E-state index is 13.8. The molecule has 0 atom stereocenters. The second-order valence-corrected chi connectivity index (χ2v) is 4.05. The fourth-order valence-electron chi connectivity index (χ4n) is 1.52. The van der Waals surface area contributed by atoms with Crippen molar-refractivity contribution in [1.29, 1.82) is 0 Å². The van der Waals surface area contributed by atoms with Crippen LogP contribution in [-0.2, 0) is 0 Å². The third-order valence-corrected chi connectivity index (χ3v) is 2.71. The summed E-state index contributed by atoms with van der Waals surface area (Å²) in [4.78, 5) is 24.2. The van der Waals surface area contributed by atoms with Crippen molar-refractivity contribution in [3.63, 3.8) is 0 Å². The number of halogens is 2. The molecule has 96 valence electrons. The van der Waals surface area contributed by atoms with Gasteiger partial charge < -0.3 is 0 Å². The van der Waals surface area contributed by atoms with Crippen molar-refractivity contribution in [3.05, 3.63) is 57.0 Å². The molecule has 2 aromatic rings. The Kier molecular flexibility index (Phi) is 3.52. The van der Waals surface area contributed by atoms with E-state index in [1.54, 1.807) is 0 Å². The molecule has 1 heterocycles. The fourth-order valence-corrected chi connectivity index (χ4v) is 1.78. The van der Waals surface area contributed by atoms with E-state index in [0.717, 1.165) is 18.3 Å². The zero-order valence-electron chi connectivity index (χ0n) is 9.34. The molecule has 19 heavy (non-hydrogen) atoms. The highest BCUT2D eigenvalue weighted by atomic mass is 35.5. The summed E-state index contributed by atoms with van der Waals surface area (Å²) < 4.78 is 13.8. The van der Waals surface area contributed by atoms with E-state index in [-0.39, 0.29) is 27.5 Å². The van der Waals surface area contributed by atoms with Crippen LogP contribution in [0.25, 0.3) is 11.3 Å². The first-order valence-electron chi connectivity index (χ1n) is 5.08. The standard InChI is InChI=1S/C12H6ClFN2O3/c13-10-4-8(16(18)19)5-15-12(10)9-2-1-7(6-17)3-11(9)14/h1-6H. The van der Waals surface area contributed by atoms with E-state index in [9.17, 15) is 19.3 Å². The lowest BCUT2D eigenvalue weighted by Gasteiger charge is -2.05. The Labute approximate surface area is 111 Å². The van der Waals surface area contributed by atoms with Gasteiger partial charge in [-0.05, 0) is 12.1 Å². The van der Waals surface area contributed by atoms with Gasteiger partial charge in [-0.3, -0.25) is 14.9 Å². The summed E-state index contributed by atoms with van der Waals surface area (Å²) in [5.41, 5.74) is 0.0608. The van der Waals surface area contributed by atoms with Crippen LogP contribution in [-0.4, -0.2) is 16.2 Å². The van der Waals surface area contributed by atoms with Gasteiger partial charge >= 0.3 is 0 Å². The summed E-state index contributed by atoms with van der Waals surface area (Å²) in [5.74, 6) is -0.673. The first kappa shape index (κ1) is 13.1. The second-order valence-electron chi connectivity index (χ2n) is 3.64. The number of carbonyl (C=O) groups excluding carboxylic acids is 1. The number of aldehydes is 1. The number of nitrogens with zero attached hydrogens (tertiary/aromatic N) is 2. The quantitative estimate of drug-likeness (QED) is 0.491. The van der Waals surface area contributed by atoms with Crippen molar-refractivity contribution < 1.29 is 14.1 Å². The average molecular weight is 281 g/mol. The molecule has 7 heteroatoms. The molecule has 0 aliphatic carbocycles. The molecule has 0 aliphatic heterocycles. The Morgan fingerprint density at radius 1 is 1.37 bits per heavy atom. The normalized spacial score (nSPS) is 10.2. The molecule has 5 nitrogen and oxygen atoms in total. The Hall–Kier alpha value is -2.34. The van der Waals surface area contributed by atoms with E-state index in [1.807, 2.05) is 0 Å². The Balaban J connectivity index is 2.53. The first-order chi connectivity index (χ1) is 9.02. The molecular formula is C12H6ClFN2O3. The number of aromatic nitrogens is 1. The van der Waals surface area contributed by atoms with E-state index >= 15 is 0 Å². The summed E-state index contributed by atoms with van der Waals surface area (Å²) in [6.07, 6.45) is 1.51. The summed E-state index contributed by atoms with van der Waals surface area (Å²) in [6.45, 7) is 0. The smallest absolute Gasteiger partial charge is 0.289 e. The third kappa shape index (κ3) is 2.58. The minimum absolute atomic E-state index is 0.0352. The van der Waals surface area contributed by atoms with Gasteiger partial charge in [0.05, 0.1) is 15.6 Å². The first-order valence-corrected chi connectivity index (χ1v) is 5.45. The van der Waals surface area contributed by atoms with Crippen LogP contribution in [0.2, 0.25) is 5.02 Å². The predicted octanol–water partition coefficient (Wildman–Crippen LogP) is 3.26. The molecular weight excluding hydrogens is 275 g/mol. The van der Waals surface area contributed by atoms with Crippen molar-refractivity contribution in [1.82, 2.24) is 4.98 Å². The summed E-state index contributed by atoms with van der Waals surface area (Å²) in [7, 11) is 0. The molecule has 0 fully saturated rings. The van der Waals surface area contributed by atoms with Crippen LogP contribution in [0.1, 0.15) is 10.4 Å². The van der Waals surface area contributed by atoms with Gasteiger partial charge in [-0.15, -0.1) is 0 Å². The summed E-state index contributed by atoms with van der Waals surface area (Å²) >= 11 is 5.85. The molecule has 1 aromatic carbocycles. The lowest BCUT2D eigenvalue weighted by Crippen LogP contribution is -1.94. The van der Waals surface area contributed by atoms with Crippen molar-refractivity contribution in [3.8, 4) is 11.3 Å². The molecule has 0 unspecified atom stereocenters. The molecule has 0 saturated carbocycles. The second kappa shape index (κ2) is 5.11. The van der Waals surface area contributed by atoms with Gasteiger partial charge in [0.2, 0.25) is 0 Å². The number of hydrogen-bond acceptors (Lipinski definition) is 4. The van der Waals surface area contributed by atoms with Crippen LogP contribution in [0, 0.1) is 15.9 Å². The van der Waals surface area contributed by atoms with Crippen molar-refractivity contribution >= 4 is 23.6 Å². The summed E-state index contributed by atoms with van der Waals surface area (Å²) in [6, 6.07) is 4.89. The van der Waals surface area contributed by atoms with Crippen LogP contribution in [0.4, 0.5) is 10.1 Å². The van der Waals surface area contributed by atoms with E-state index in [4.69, 9.17) is 11.6 Å². The van der Waals surface area contributed by atoms with Gasteiger partial charge in [0, 0.05) is 17.2 Å². The molecule has 0 saturated heterocycles. The van der Waals surface area contributed by atoms with E-state index in [0.29, 0.717) is 6.29 Å². The van der Waals surface area contributed by atoms with Gasteiger partial charge in [-0.2, -0.15) is 0 Å². The zero-order chi connectivity index (χ0) is 14.0. The Morgan fingerprint density at radius 3 is 2.63 bits per heavy atom. The maximum absolute atomic E-state index is 13.8. The number of nitro groups is 1. The van der Waals surface area contributed by atoms with Gasteiger partial charge in [0.15, 0.2) is 0 Å². The molecule has 0 amide bonds. The van der Waals surface area contributed by atoms with Crippen LogP contribution in [0.5, 0.6) is 0 Å². The minimum Gasteiger partial charge on any atom is -0.298 e. The number of hydrogen-bond donors (Lipinski definition) is 0. The monoisotopic (exact) mass is 280 g/mol. The summed E-state index contributed by atoms with van der Waals surface area (Å²) in [5, 5.41) is 10.5. The SMILES string of the molecule is O=Cc1ccc(-c2ncc([N+](=O)[O-])cc2Cl)c(F)c1. The Bertz CT molecular complexity index is 676. The highest BCUT2D eigenvalue weighted by Crippen LogP contribution is 2.30. The van der Waals surface area contributed by atoms with Crippen molar-refractivity contribution in [2.24, 2.45) is 0 Å². The lowest BCUT2D eigenvalue weighted by atomic mass is 10.1. The van der Waals surface area contributed by atoms with Crippen LogP contribution >= 0.6 is 11.6 Å². The molecule has 0 N–H and O–H groups in total. The highest BCUT2D eigenvalue weighted by Gasteiger charge is 2.15. The van der Waals surface area contributed by atoms with Crippen LogP contribution < -0.4 is 0 Å². The minimum atomic E-state index is -0.673. The van der Waals surface area contributed by atoms with E-state index < -0.39 is 10.7 Å². The number of pyridine rings is 1. The Morgan fingerprint density at radius 2 is 2.11 bits per heavy atom. The van der Waals surface area contributed by atoms with Gasteiger partial charge in [-0.25, -0.2) is 9.37 Å². The lowest BCUT2D eigenvalue weighted by molar-refractivity contribution is -0.385. The molecule has 0 aliphatic rings. The maximum Gasteiger partial charge on any atom is 0.289 e. The van der Waals surface area contributed by atoms with Crippen LogP contribution in [0.15, 0.2) is 30.5 Å². The van der Waals surface area contributed by atoms with Crippen molar-refractivity contribution in [2.75, 3.05) is 0 Å². The predicted molar refractivity (Wildman–Crippen MR) is 66.7 cm³/mol.